The van der Waals surface area contributed by atoms with Crippen LogP contribution in [0.1, 0.15) is 36.5 Å². The Labute approximate surface area is 153 Å². The van der Waals surface area contributed by atoms with Crippen LogP contribution in [0.15, 0.2) is 30.3 Å². The monoisotopic (exact) mass is 356 g/mol. The van der Waals surface area contributed by atoms with E-state index in [1.54, 1.807) is 36.1 Å². The van der Waals surface area contributed by atoms with E-state index in [-0.39, 0.29) is 30.2 Å². The molecule has 1 fully saturated rings. The first-order valence-electron chi connectivity index (χ1n) is 8.77. The molecule has 26 heavy (non-hydrogen) atoms. The third-order valence-corrected chi connectivity index (χ3v) is 4.63. The van der Waals surface area contributed by atoms with E-state index < -0.39 is 6.04 Å². The van der Waals surface area contributed by atoms with Gasteiger partial charge in [-0.3, -0.25) is 14.4 Å². The molecule has 1 aliphatic heterocycles. The van der Waals surface area contributed by atoms with E-state index in [1.807, 2.05) is 12.1 Å². The second-order valence-corrected chi connectivity index (χ2v) is 6.45. The largest absolute Gasteiger partial charge is 0.343 e. The van der Waals surface area contributed by atoms with Gasteiger partial charge in [0.1, 0.15) is 12.6 Å². The van der Waals surface area contributed by atoms with E-state index in [2.05, 4.69) is 10.6 Å². The highest BCUT2D eigenvalue weighted by Gasteiger charge is 2.28. The highest BCUT2D eigenvalue weighted by molar-refractivity contribution is 5.97. The number of amides is 3. The molecule has 138 valence electrons. The molecular formula is C19H24N4O3. The summed E-state index contributed by atoms with van der Waals surface area (Å²) in [7, 11) is 0. The molecule has 0 saturated carbocycles. The van der Waals surface area contributed by atoms with Crippen LogP contribution in [0.2, 0.25) is 0 Å². The van der Waals surface area contributed by atoms with Gasteiger partial charge in [0.05, 0.1) is 6.07 Å². The zero-order chi connectivity index (χ0) is 18.9. The molecule has 0 bridgehead atoms. The van der Waals surface area contributed by atoms with Crippen molar-refractivity contribution in [3.8, 4) is 6.07 Å². The number of hydrogen-bond acceptors (Lipinski definition) is 4. The smallest absolute Gasteiger partial charge is 0.251 e. The molecule has 1 aromatic carbocycles. The average Bonchev–Trinajstić information content (AvgIpc) is 2.66. The lowest BCUT2D eigenvalue weighted by atomic mass is 9.89. The Balaban J connectivity index is 2.00. The van der Waals surface area contributed by atoms with Crippen molar-refractivity contribution < 1.29 is 14.4 Å². The Morgan fingerprint density at radius 3 is 2.46 bits per heavy atom. The first-order chi connectivity index (χ1) is 12.5. The van der Waals surface area contributed by atoms with Crippen LogP contribution in [0.4, 0.5) is 0 Å². The van der Waals surface area contributed by atoms with Gasteiger partial charge in [-0.25, -0.2) is 0 Å². The Bertz CT molecular complexity index is 676. The minimum absolute atomic E-state index is 0.0594. The fourth-order valence-electron chi connectivity index (χ4n) is 3.13. The number of nitrogens with one attached hydrogen (secondary N) is 2. The maximum Gasteiger partial charge on any atom is 0.251 e. The normalized spacial score (nSPS) is 15.6. The van der Waals surface area contributed by atoms with Crippen molar-refractivity contribution in [2.45, 2.75) is 32.2 Å². The van der Waals surface area contributed by atoms with Gasteiger partial charge in [0, 0.05) is 25.6 Å². The van der Waals surface area contributed by atoms with Crippen LogP contribution < -0.4 is 10.6 Å². The molecule has 1 atom stereocenters. The van der Waals surface area contributed by atoms with Crippen molar-refractivity contribution >= 4 is 17.7 Å². The Morgan fingerprint density at radius 1 is 1.23 bits per heavy atom. The van der Waals surface area contributed by atoms with E-state index in [0.717, 1.165) is 12.8 Å². The summed E-state index contributed by atoms with van der Waals surface area (Å²) < 4.78 is 0. The third-order valence-electron chi connectivity index (χ3n) is 4.63. The standard InChI is InChI=1S/C19H24N4O3/c1-14(24)23-11-7-15(8-12-23)13-17(19(26)21-10-9-20)22-18(25)16-5-3-2-4-6-16/h2-6,15,17H,7-8,10-13H2,1H3,(H,21,26)(H,22,25). The number of rotatable bonds is 6. The van der Waals surface area contributed by atoms with Gasteiger partial charge in [0.25, 0.3) is 5.91 Å². The van der Waals surface area contributed by atoms with E-state index in [1.165, 1.54) is 0 Å². The fraction of sp³-hybridized carbons (Fsp3) is 0.474. The zero-order valence-electron chi connectivity index (χ0n) is 14.9. The molecule has 1 saturated heterocycles. The van der Waals surface area contributed by atoms with E-state index >= 15 is 0 Å². The predicted molar refractivity (Wildman–Crippen MR) is 95.9 cm³/mol. The summed E-state index contributed by atoms with van der Waals surface area (Å²) in [6.07, 6.45) is 2.08. The van der Waals surface area contributed by atoms with E-state index in [9.17, 15) is 14.4 Å². The average molecular weight is 356 g/mol. The van der Waals surface area contributed by atoms with Crippen molar-refractivity contribution in [2.24, 2.45) is 5.92 Å². The maximum absolute atomic E-state index is 12.4. The Morgan fingerprint density at radius 2 is 1.88 bits per heavy atom. The highest BCUT2D eigenvalue weighted by Crippen LogP contribution is 2.22. The van der Waals surface area contributed by atoms with Gasteiger partial charge >= 0.3 is 0 Å². The number of nitrogens with zero attached hydrogens (tertiary/aromatic N) is 2. The Hall–Kier alpha value is -2.88. The van der Waals surface area contributed by atoms with Gasteiger partial charge in [-0.1, -0.05) is 18.2 Å². The minimum atomic E-state index is -0.704. The van der Waals surface area contributed by atoms with Crippen LogP contribution >= 0.6 is 0 Å². The number of nitriles is 1. The maximum atomic E-state index is 12.4. The fourth-order valence-corrected chi connectivity index (χ4v) is 3.13. The molecule has 1 aliphatic rings. The van der Waals surface area contributed by atoms with Crippen molar-refractivity contribution in [2.75, 3.05) is 19.6 Å². The lowest BCUT2D eigenvalue weighted by Gasteiger charge is -2.33. The molecule has 3 amide bonds. The number of carbonyl (C=O) groups excluding carboxylic acids is 3. The molecular weight excluding hydrogens is 332 g/mol. The van der Waals surface area contributed by atoms with Gasteiger partial charge in [-0.2, -0.15) is 5.26 Å². The number of carbonyl (C=O) groups is 3. The highest BCUT2D eigenvalue weighted by atomic mass is 16.2. The number of benzene rings is 1. The van der Waals surface area contributed by atoms with Crippen LogP contribution in [0.3, 0.4) is 0 Å². The first kappa shape index (κ1) is 19.4. The van der Waals surface area contributed by atoms with Crippen LogP contribution in [-0.2, 0) is 9.59 Å². The number of likely N-dealkylation sites (tertiary alicyclic amines) is 1. The summed E-state index contributed by atoms with van der Waals surface area (Å²) in [5, 5.41) is 14.0. The second-order valence-electron chi connectivity index (χ2n) is 6.45. The van der Waals surface area contributed by atoms with Crippen molar-refractivity contribution in [1.29, 1.82) is 5.26 Å². The van der Waals surface area contributed by atoms with Gasteiger partial charge in [-0.05, 0) is 37.3 Å². The lowest BCUT2D eigenvalue weighted by molar-refractivity contribution is -0.130. The van der Waals surface area contributed by atoms with Gasteiger partial charge in [-0.15, -0.1) is 0 Å². The van der Waals surface area contributed by atoms with Crippen LogP contribution in [0.25, 0.3) is 0 Å². The molecule has 0 aromatic heterocycles. The lowest BCUT2D eigenvalue weighted by Crippen LogP contribution is -2.48. The van der Waals surface area contributed by atoms with Crippen LogP contribution in [-0.4, -0.2) is 48.3 Å². The molecule has 0 radical (unpaired) electrons. The predicted octanol–water partition coefficient (Wildman–Crippen LogP) is 1.07. The molecule has 2 N–H and O–H groups in total. The summed E-state index contributed by atoms with van der Waals surface area (Å²) in [6, 6.07) is 9.88. The second kappa shape index (κ2) is 9.56. The van der Waals surface area contributed by atoms with Gasteiger partial charge < -0.3 is 15.5 Å². The molecule has 2 rings (SSSR count). The first-order valence-corrected chi connectivity index (χ1v) is 8.77. The number of hydrogen-bond donors (Lipinski definition) is 2. The molecule has 0 aliphatic carbocycles. The van der Waals surface area contributed by atoms with Gasteiger partial charge in [0.2, 0.25) is 11.8 Å². The quantitative estimate of drug-likeness (QED) is 0.744. The minimum Gasteiger partial charge on any atom is -0.343 e. The van der Waals surface area contributed by atoms with Crippen molar-refractivity contribution in [1.82, 2.24) is 15.5 Å². The summed E-state index contributed by atoms with van der Waals surface area (Å²) in [6.45, 7) is 2.79. The van der Waals surface area contributed by atoms with Crippen molar-refractivity contribution in [3.05, 3.63) is 35.9 Å². The summed E-state index contributed by atoms with van der Waals surface area (Å²) >= 11 is 0. The van der Waals surface area contributed by atoms with Crippen LogP contribution in [0, 0.1) is 17.2 Å². The third kappa shape index (κ3) is 5.59. The SMILES string of the molecule is CC(=O)N1CCC(CC(NC(=O)c2ccccc2)C(=O)NCC#N)CC1. The molecule has 1 aromatic rings. The molecule has 0 spiro atoms. The number of piperidine rings is 1. The summed E-state index contributed by atoms with van der Waals surface area (Å²) in [4.78, 5) is 38.0. The summed E-state index contributed by atoms with van der Waals surface area (Å²) in [5.41, 5.74) is 0.483. The van der Waals surface area contributed by atoms with Crippen molar-refractivity contribution in [3.63, 3.8) is 0 Å². The van der Waals surface area contributed by atoms with Gasteiger partial charge in [0.15, 0.2) is 0 Å². The molecule has 1 heterocycles. The summed E-state index contributed by atoms with van der Waals surface area (Å²) in [5.74, 6) is -0.377. The molecule has 1 unspecified atom stereocenters. The van der Waals surface area contributed by atoms with E-state index in [0.29, 0.717) is 25.1 Å². The molecule has 7 nitrogen and oxygen atoms in total. The topological polar surface area (TPSA) is 102 Å². The van der Waals surface area contributed by atoms with E-state index in [4.69, 9.17) is 5.26 Å². The Kier molecular flexibility index (Phi) is 7.15. The molecule has 7 heteroatoms. The zero-order valence-corrected chi connectivity index (χ0v) is 14.9. The van der Waals surface area contributed by atoms with Crippen LogP contribution in [0.5, 0.6) is 0 Å².